The normalized spacial score (nSPS) is 14.9. The number of thiazole rings is 2. The van der Waals surface area contributed by atoms with Crippen molar-refractivity contribution in [1.82, 2.24) is 9.97 Å². The molecule has 58 heavy (non-hydrogen) atoms. The number of aryl methyl sites for hydroxylation is 2. The second-order valence-electron chi connectivity index (χ2n) is 15.0. The number of phenolic OH excluding ortho intramolecular Hbond substituents is 2. The first-order valence-electron chi connectivity index (χ1n) is 18.9. The van der Waals surface area contributed by atoms with Crippen LogP contribution in [-0.2, 0) is 35.8 Å². The Labute approximate surface area is 363 Å². The quantitative estimate of drug-likeness (QED) is 0.0920. The summed E-state index contributed by atoms with van der Waals surface area (Å²) in [5, 5.41) is 39.3. The van der Waals surface area contributed by atoms with Crippen molar-refractivity contribution in [2.75, 3.05) is 42.3 Å². The van der Waals surface area contributed by atoms with Crippen LogP contribution in [0.2, 0.25) is 5.02 Å². The number of fused-ring (bicyclic) bond motifs is 3. The van der Waals surface area contributed by atoms with E-state index in [9.17, 15) is 14.6 Å². The molecule has 0 unspecified atom stereocenters. The molecule has 0 fully saturated rings. The molecule has 4 aromatic carbocycles. The molecule has 2 N–H and O–H groups in total. The van der Waals surface area contributed by atoms with Crippen LogP contribution in [0.4, 0.5) is 37.4 Å². The number of benzene rings is 4. The number of azo groups is 2. The number of hydrogen-bond acceptors (Lipinski definition) is 14. The van der Waals surface area contributed by atoms with Gasteiger partial charge in [-0.1, -0.05) is 41.2 Å². The van der Waals surface area contributed by atoms with E-state index in [0.717, 1.165) is 95.2 Å². The van der Waals surface area contributed by atoms with E-state index in [0.29, 0.717) is 31.9 Å². The van der Waals surface area contributed by atoms with Gasteiger partial charge in [-0.05, 0) is 100 Å². The predicted octanol–water partition coefficient (Wildman–Crippen LogP) is 12.6. The molecule has 5 heterocycles. The van der Waals surface area contributed by atoms with Crippen LogP contribution in [0.1, 0.15) is 57.2 Å². The Morgan fingerprint density at radius 3 is 2.21 bits per heavy atom. The average molecular weight is 904 g/mol. The van der Waals surface area contributed by atoms with E-state index < -0.39 is 5.82 Å². The molecule has 2 aromatic heterocycles. The smallest absolute Gasteiger partial charge is 0.231 e. The molecule has 0 atom stereocenters. The Bertz CT molecular complexity index is 2540. The van der Waals surface area contributed by atoms with Gasteiger partial charge in [0.05, 0.1) is 37.5 Å². The molecule has 9 rings (SSSR count). The standard InChI is InChI=1S/C21H22N4O2S2.C20H20ClFN4OS.Ni/c1-3-28-18-10-14-17(11-16(18)27-2)29-21(22-14)24-23-15-9-12-5-4-7-25-8-6-13(19(12)25)20(15)26;1-20(2,3)26-6-4-5-11-7-14(17(27)10-16(11)26)24-25-19-23-15-8-12(21)13(22)9-18(15)28-19;/h9-11,26H,3-8H2,1-2H3;7-10,27H,4-6H2,1-3H3;. The first-order valence-corrected chi connectivity index (χ1v) is 21.9. The summed E-state index contributed by atoms with van der Waals surface area (Å²) in [7, 11) is 1.69. The van der Waals surface area contributed by atoms with Crippen LogP contribution < -0.4 is 14.5 Å². The van der Waals surface area contributed by atoms with Gasteiger partial charge in [0, 0.05) is 70.7 Å². The molecule has 0 saturated carbocycles. The minimum atomic E-state index is -0.489. The van der Waals surface area contributed by atoms with E-state index in [1.54, 1.807) is 24.9 Å². The van der Waals surface area contributed by atoms with E-state index in [1.165, 1.54) is 46.1 Å². The van der Waals surface area contributed by atoms with Crippen molar-refractivity contribution in [2.45, 2.75) is 70.2 Å². The summed E-state index contributed by atoms with van der Waals surface area (Å²) in [6, 6.07) is 12.5. The van der Waals surface area contributed by atoms with Gasteiger partial charge < -0.3 is 24.7 Å². The van der Waals surface area contributed by atoms with E-state index in [-0.39, 0.29) is 38.6 Å². The van der Waals surface area contributed by atoms with Crippen molar-refractivity contribution in [3.05, 3.63) is 70.0 Å². The first kappa shape index (κ1) is 42.1. The summed E-state index contributed by atoms with van der Waals surface area (Å²) in [4.78, 5) is 14.7. The van der Waals surface area contributed by atoms with Gasteiger partial charge in [-0.25, -0.2) is 14.4 Å². The molecule has 17 heteroatoms. The van der Waals surface area contributed by atoms with Gasteiger partial charge in [0.1, 0.15) is 34.4 Å². The summed E-state index contributed by atoms with van der Waals surface area (Å²) in [6.07, 6.45) is 5.03. The molecule has 0 saturated heterocycles. The predicted molar refractivity (Wildman–Crippen MR) is 231 cm³/mol. The monoisotopic (exact) mass is 902 g/mol. The van der Waals surface area contributed by atoms with Crippen LogP contribution in [0.15, 0.2) is 67.8 Å². The van der Waals surface area contributed by atoms with Gasteiger partial charge in [0.15, 0.2) is 0 Å². The van der Waals surface area contributed by atoms with Crippen LogP contribution in [0, 0.1) is 5.82 Å². The molecule has 0 radical (unpaired) electrons. The Hall–Kier alpha value is -4.08. The summed E-state index contributed by atoms with van der Waals surface area (Å²) < 4.78 is 20.8. The Balaban J connectivity index is 0.000000174. The average Bonchev–Trinajstić information content (AvgIpc) is 3.91. The van der Waals surface area contributed by atoms with Crippen LogP contribution in [0.5, 0.6) is 17.2 Å². The summed E-state index contributed by atoms with van der Waals surface area (Å²) >= 11 is 10.2. The number of rotatable bonds is 7. The zero-order valence-corrected chi connectivity index (χ0v) is 36.8. The van der Waals surface area contributed by atoms with E-state index in [4.69, 9.17) is 16.3 Å². The molecule has 0 spiro atoms. The number of nitrogens with zero attached hydrogens (tertiary/aromatic N) is 8. The number of anilines is 2. The Kier molecular flexibility index (Phi) is 12.5. The maximum atomic E-state index is 13.6. The maximum Gasteiger partial charge on any atom is 0.231 e. The van der Waals surface area contributed by atoms with E-state index in [1.807, 2.05) is 24.3 Å². The zero-order valence-electron chi connectivity index (χ0n) is 32.6. The van der Waals surface area contributed by atoms with Crippen LogP contribution in [0.25, 0.3) is 20.4 Å². The fourth-order valence-corrected chi connectivity index (χ4v) is 10.2. The Morgan fingerprint density at radius 2 is 1.50 bits per heavy atom. The minimum absolute atomic E-state index is 0. The van der Waals surface area contributed by atoms with Crippen molar-refractivity contribution >= 4 is 99.5 Å². The van der Waals surface area contributed by atoms with Gasteiger partial charge in [0.2, 0.25) is 10.3 Å². The van der Waals surface area contributed by atoms with E-state index in [2.05, 4.69) is 67.9 Å². The molecule has 0 amide bonds. The van der Waals surface area contributed by atoms with Crippen LogP contribution in [-0.4, -0.2) is 58.2 Å². The number of aromatic nitrogens is 2. The van der Waals surface area contributed by atoms with Crippen LogP contribution in [0.3, 0.4) is 0 Å². The first-order chi connectivity index (χ1) is 27.4. The SMILES string of the molecule is CC(C)(C)N1CCCc2cc(N=Nc3nc4cc(Cl)c(F)cc4s3)c(O)cc21.CCSc1cc2nc(N=Nc3cc4c5c(c3O)CCN5CCC4)sc2cc1OC.[Ni]. The number of aromatic hydroxyl groups is 2. The summed E-state index contributed by atoms with van der Waals surface area (Å²) in [5.74, 6) is 1.68. The third-order valence-corrected chi connectivity index (χ3v) is 13.2. The summed E-state index contributed by atoms with van der Waals surface area (Å²) in [5.41, 5.74) is 8.08. The minimum Gasteiger partial charge on any atom is -0.506 e. The van der Waals surface area contributed by atoms with Gasteiger partial charge in [-0.15, -0.1) is 32.2 Å². The van der Waals surface area contributed by atoms with E-state index >= 15 is 0 Å². The molecule has 11 nitrogen and oxygen atoms in total. The fraction of sp³-hybridized carbons (Fsp3) is 0.366. The van der Waals surface area contributed by atoms with Gasteiger partial charge in [0.25, 0.3) is 0 Å². The Morgan fingerprint density at radius 1 is 0.845 bits per heavy atom. The fourth-order valence-electron chi connectivity index (χ4n) is 7.63. The largest absolute Gasteiger partial charge is 0.506 e. The number of phenols is 2. The second kappa shape index (κ2) is 17.3. The zero-order chi connectivity index (χ0) is 40.0. The molecule has 0 bridgehead atoms. The van der Waals surface area contributed by atoms with Crippen molar-refractivity contribution in [1.29, 1.82) is 0 Å². The van der Waals surface area contributed by atoms with Crippen LogP contribution >= 0.6 is 46.0 Å². The van der Waals surface area contributed by atoms with Crippen molar-refractivity contribution in [3.63, 3.8) is 0 Å². The third kappa shape index (κ3) is 8.49. The molecule has 0 aliphatic carbocycles. The summed E-state index contributed by atoms with van der Waals surface area (Å²) in [6.45, 7) is 11.6. The molecule has 3 aliphatic rings. The molecule has 3 aliphatic heterocycles. The number of methoxy groups -OCH3 is 1. The molecule has 306 valence electrons. The topological polar surface area (TPSA) is 131 Å². The van der Waals surface area contributed by atoms with Crippen molar-refractivity contribution in [3.8, 4) is 17.2 Å². The molecular weight excluding hydrogens is 862 g/mol. The number of thioether (sulfide) groups is 1. The molecule has 6 aromatic rings. The number of hydrogen-bond donors (Lipinski definition) is 2. The third-order valence-electron chi connectivity index (χ3n) is 10.2. The van der Waals surface area contributed by atoms with Gasteiger partial charge in [-0.3, -0.25) is 0 Å². The van der Waals surface area contributed by atoms with Crippen molar-refractivity contribution < 1.29 is 35.8 Å². The van der Waals surface area contributed by atoms with Gasteiger partial charge in [-0.2, -0.15) is 0 Å². The second-order valence-corrected chi connectivity index (χ2v) is 18.7. The number of ether oxygens (including phenoxy) is 1. The molecular formula is C41H42ClFN8NiO3S3. The maximum absolute atomic E-state index is 13.6. The van der Waals surface area contributed by atoms with Gasteiger partial charge >= 0.3 is 0 Å². The number of halogens is 2. The van der Waals surface area contributed by atoms with Crippen molar-refractivity contribution in [2.24, 2.45) is 20.5 Å².